The Balaban J connectivity index is 1.93. The molecule has 2 N–H and O–H groups in total. The van der Waals surface area contributed by atoms with Crippen LogP contribution in [0.25, 0.3) is 10.4 Å². The van der Waals surface area contributed by atoms with Crippen molar-refractivity contribution < 1.29 is 0 Å². The van der Waals surface area contributed by atoms with Crippen molar-refractivity contribution in [2.75, 3.05) is 0 Å². The monoisotopic (exact) mass is 314 g/mol. The minimum absolute atomic E-state index is 0.455. The lowest BCUT2D eigenvalue weighted by molar-refractivity contribution is 0.984. The van der Waals surface area contributed by atoms with Crippen LogP contribution in [0, 0.1) is 0 Å². The number of benzene rings is 2. The van der Waals surface area contributed by atoms with Crippen molar-refractivity contribution in [1.82, 2.24) is 4.98 Å². The normalized spacial score (nSPS) is 10.8. The Bertz CT molecular complexity index is 738. The molecular formula is C17H15ClN2S. The average Bonchev–Trinajstić information content (AvgIpc) is 2.91. The molecule has 0 aliphatic rings. The molecule has 1 heterocycles. The van der Waals surface area contributed by atoms with E-state index in [4.69, 9.17) is 17.3 Å². The van der Waals surface area contributed by atoms with Crippen LogP contribution in [-0.4, -0.2) is 4.98 Å². The fourth-order valence-corrected chi connectivity index (χ4v) is 3.60. The second-order valence-corrected chi connectivity index (χ2v) is 6.28. The molecule has 2 nitrogen and oxygen atoms in total. The third-order valence-electron chi connectivity index (χ3n) is 3.22. The van der Waals surface area contributed by atoms with Crippen molar-refractivity contribution in [2.24, 2.45) is 5.73 Å². The Morgan fingerprint density at radius 3 is 2.57 bits per heavy atom. The van der Waals surface area contributed by atoms with Gasteiger partial charge < -0.3 is 5.73 Å². The molecular weight excluding hydrogens is 300 g/mol. The minimum Gasteiger partial charge on any atom is -0.325 e. The SMILES string of the molecule is NCc1nc(Cc2cccc(Cl)c2)sc1-c1ccccc1. The predicted molar refractivity (Wildman–Crippen MR) is 89.7 cm³/mol. The van der Waals surface area contributed by atoms with Gasteiger partial charge in [0.15, 0.2) is 0 Å². The number of aromatic nitrogens is 1. The lowest BCUT2D eigenvalue weighted by Gasteiger charge is -1.98. The van der Waals surface area contributed by atoms with E-state index in [1.54, 1.807) is 11.3 Å². The number of hydrogen-bond acceptors (Lipinski definition) is 3. The van der Waals surface area contributed by atoms with Gasteiger partial charge in [-0.2, -0.15) is 0 Å². The van der Waals surface area contributed by atoms with Crippen LogP contribution in [0.4, 0.5) is 0 Å². The molecule has 21 heavy (non-hydrogen) atoms. The standard InChI is InChI=1S/C17H15ClN2S/c18-14-8-4-5-12(9-14)10-16-20-15(11-19)17(21-16)13-6-2-1-3-7-13/h1-9H,10-11,19H2. The van der Waals surface area contributed by atoms with Crippen molar-refractivity contribution >= 4 is 22.9 Å². The van der Waals surface area contributed by atoms with Crippen LogP contribution < -0.4 is 5.73 Å². The lowest BCUT2D eigenvalue weighted by atomic mass is 10.1. The average molecular weight is 315 g/mol. The number of rotatable bonds is 4. The van der Waals surface area contributed by atoms with Gasteiger partial charge in [0.2, 0.25) is 0 Å². The summed E-state index contributed by atoms with van der Waals surface area (Å²) in [5.74, 6) is 0. The Morgan fingerprint density at radius 2 is 1.86 bits per heavy atom. The van der Waals surface area contributed by atoms with Gasteiger partial charge in [-0.25, -0.2) is 4.98 Å². The summed E-state index contributed by atoms with van der Waals surface area (Å²) in [6.45, 7) is 0.455. The van der Waals surface area contributed by atoms with Crippen LogP contribution >= 0.6 is 22.9 Å². The van der Waals surface area contributed by atoms with Crippen LogP contribution in [-0.2, 0) is 13.0 Å². The highest BCUT2D eigenvalue weighted by atomic mass is 35.5. The van der Waals surface area contributed by atoms with Crippen molar-refractivity contribution in [3.05, 3.63) is 75.9 Å². The van der Waals surface area contributed by atoms with Gasteiger partial charge in [-0.3, -0.25) is 0 Å². The maximum absolute atomic E-state index is 6.03. The zero-order chi connectivity index (χ0) is 14.7. The molecule has 0 unspecified atom stereocenters. The molecule has 0 atom stereocenters. The third kappa shape index (κ3) is 3.32. The summed E-state index contributed by atoms with van der Waals surface area (Å²) in [5, 5.41) is 1.82. The quantitative estimate of drug-likeness (QED) is 0.769. The van der Waals surface area contributed by atoms with E-state index in [0.29, 0.717) is 6.54 Å². The first-order chi connectivity index (χ1) is 10.3. The number of halogens is 1. The summed E-state index contributed by atoms with van der Waals surface area (Å²) in [7, 11) is 0. The molecule has 0 aliphatic heterocycles. The summed E-state index contributed by atoms with van der Waals surface area (Å²) < 4.78 is 0. The largest absolute Gasteiger partial charge is 0.325 e. The topological polar surface area (TPSA) is 38.9 Å². The Kier molecular flexibility index (Phi) is 4.34. The summed E-state index contributed by atoms with van der Waals surface area (Å²) in [5.41, 5.74) is 9.14. The van der Waals surface area contributed by atoms with E-state index >= 15 is 0 Å². The van der Waals surface area contributed by atoms with Crippen LogP contribution in [0.1, 0.15) is 16.3 Å². The molecule has 0 amide bonds. The van der Waals surface area contributed by atoms with Gasteiger partial charge in [-0.15, -0.1) is 11.3 Å². The molecule has 1 aromatic heterocycles. The molecule has 0 saturated heterocycles. The maximum atomic E-state index is 6.03. The molecule has 2 aromatic carbocycles. The fraction of sp³-hybridized carbons (Fsp3) is 0.118. The molecule has 0 fully saturated rings. The molecule has 0 saturated carbocycles. The first-order valence-corrected chi connectivity index (χ1v) is 7.94. The molecule has 0 aliphatic carbocycles. The smallest absolute Gasteiger partial charge is 0.0979 e. The Hall–Kier alpha value is -1.68. The lowest BCUT2D eigenvalue weighted by Crippen LogP contribution is -1.98. The van der Waals surface area contributed by atoms with Gasteiger partial charge in [0, 0.05) is 18.0 Å². The molecule has 0 spiro atoms. The molecule has 4 heteroatoms. The number of thiazole rings is 1. The molecule has 0 radical (unpaired) electrons. The van der Waals surface area contributed by atoms with E-state index in [1.165, 1.54) is 11.1 Å². The van der Waals surface area contributed by atoms with Gasteiger partial charge in [0.05, 0.1) is 15.6 Å². The van der Waals surface area contributed by atoms with E-state index in [2.05, 4.69) is 23.2 Å². The summed E-state index contributed by atoms with van der Waals surface area (Å²) in [6.07, 6.45) is 0.783. The van der Waals surface area contributed by atoms with E-state index in [1.807, 2.05) is 36.4 Å². The maximum Gasteiger partial charge on any atom is 0.0979 e. The van der Waals surface area contributed by atoms with Gasteiger partial charge in [-0.05, 0) is 23.3 Å². The van der Waals surface area contributed by atoms with E-state index < -0.39 is 0 Å². The number of nitrogens with zero attached hydrogens (tertiary/aromatic N) is 1. The second kappa shape index (κ2) is 6.39. The highest BCUT2D eigenvalue weighted by Gasteiger charge is 2.12. The van der Waals surface area contributed by atoms with E-state index in [9.17, 15) is 0 Å². The fourth-order valence-electron chi connectivity index (χ4n) is 2.25. The number of hydrogen-bond donors (Lipinski definition) is 1. The first kappa shape index (κ1) is 14.3. The highest BCUT2D eigenvalue weighted by Crippen LogP contribution is 2.31. The Morgan fingerprint density at radius 1 is 1.05 bits per heavy atom. The zero-order valence-electron chi connectivity index (χ0n) is 11.4. The first-order valence-electron chi connectivity index (χ1n) is 6.75. The van der Waals surface area contributed by atoms with Crippen molar-refractivity contribution in [1.29, 1.82) is 0 Å². The van der Waals surface area contributed by atoms with Crippen LogP contribution in [0.5, 0.6) is 0 Å². The van der Waals surface area contributed by atoms with Gasteiger partial charge in [0.1, 0.15) is 0 Å². The van der Waals surface area contributed by atoms with Crippen molar-refractivity contribution in [3.63, 3.8) is 0 Å². The summed E-state index contributed by atoms with van der Waals surface area (Å²) in [6, 6.07) is 18.2. The predicted octanol–water partition coefficient (Wildman–Crippen LogP) is 4.51. The van der Waals surface area contributed by atoms with Gasteiger partial charge in [-0.1, -0.05) is 54.1 Å². The molecule has 3 rings (SSSR count). The van der Waals surface area contributed by atoms with E-state index in [0.717, 1.165) is 27.0 Å². The highest BCUT2D eigenvalue weighted by molar-refractivity contribution is 7.15. The van der Waals surface area contributed by atoms with Crippen molar-refractivity contribution in [3.8, 4) is 10.4 Å². The Labute approximate surface area is 133 Å². The molecule has 106 valence electrons. The van der Waals surface area contributed by atoms with E-state index in [-0.39, 0.29) is 0 Å². The molecule has 0 bridgehead atoms. The summed E-state index contributed by atoms with van der Waals surface area (Å²) in [4.78, 5) is 5.84. The van der Waals surface area contributed by atoms with Crippen molar-refractivity contribution in [2.45, 2.75) is 13.0 Å². The van der Waals surface area contributed by atoms with Gasteiger partial charge in [0.25, 0.3) is 0 Å². The minimum atomic E-state index is 0.455. The van der Waals surface area contributed by atoms with Crippen LogP contribution in [0.3, 0.4) is 0 Å². The zero-order valence-corrected chi connectivity index (χ0v) is 13.0. The van der Waals surface area contributed by atoms with Crippen LogP contribution in [0.15, 0.2) is 54.6 Å². The summed E-state index contributed by atoms with van der Waals surface area (Å²) >= 11 is 7.74. The number of nitrogens with two attached hydrogens (primary N) is 1. The molecule has 3 aromatic rings. The second-order valence-electron chi connectivity index (χ2n) is 4.76. The van der Waals surface area contributed by atoms with Crippen LogP contribution in [0.2, 0.25) is 5.02 Å². The van der Waals surface area contributed by atoms with Gasteiger partial charge >= 0.3 is 0 Å². The third-order valence-corrected chi connectivity index (χ3v) is 4.60.